The maximum absolute atomic E-state index is 12.1. The molecule has 0 saturated carbocycles. The number of aliphatic hydroxyl groups is 1. The van der Waals surface area contributed by atoms with Gasteiger partial charge in [0.1, 0.15) is 29.7 Å². The molecule has 1 atom stereocenters. The molecule has 2 N–H and O–H groups in total. The number of hydrogen-bond acceptors (Lipinski definition) is 9. The summed E-state index contributed by atoms with van der Waals surface area (Å²) in [4.78, 5) is 24.2. The van der Waals surface area contributed by atoms with Crippen molar-refractivity contribution in [2.75, 3.05) is 66.1 Å². The number of likely N-dealkylation sites (tertiary alicyclic amines) is 1. The lowest BCUT2D eigenvalue weighted by Crippen LogP contribution is -2.45. The first-order valence-corrected chi connectivity index (χ1v) is 15.0. The van der Waals surface area contributed by atoms with Crippen LogP contribution in [0.3, 0.4) is 0 Å². The average molecular weight is 586 g/mol. The van der Waals surface area contributed by atoms with Gasteiger partial charge in [0, 0.05) is 95.2 Å². The molecule has 226 valence electrons. The molecule has 11 heteroatoms. The zero-order valence-corrected chi connectivity index (χ0v) is 24.8. The summed E-state index contributed by atoms with van der Waals surface area (Å²) in [7, 11) is 2.11. The highest BCUT2D eigenvalue weighted by atomic mass is 16.5. The number of hydrogen-bond donors (Lipinski definition) is 2. The lowest BCUT2D eigenvalue weighted by molar-refractivity contribution is -0.141. The third-order valence-corrected chi connectivity index (χ3v) is 8.61. The molecule has 1 aromatic carbocycles. The third kappa shape index (κ3) is 6.38. The van der Waals surface area contributed by atoms with Gasteiger partial charge in [0.05, 0.1) is 18.8 Å². The number of aliphatic hydroxyl groups excluding tert-OH is 1. The SMILES string of the molecule is C[C@H](O)C(=O)N1CCC(Oc2ccc(-c3c[nH]c4ncc(C5=CN(CCN6CCOCC6)N(C)C5)cc34)cc2C#N)CC1. The first kappa shape index (κ1) is 29.1. The van der Waals surface area contributed by atoms with Crippen molar-refractivity contribution in [3.8, 4) is 22.9 Å². The summed E-state index contributed by atoms with van der Waals surface area (Å²) in [6, 6.07) is 10.2. The number of nitriles is 1. The Kier molecular flexibility index (Phi) is 8.63. The molecule has 0 bridgehead atoms. The molecule has 0 unspecified atom stereocenters. The number of nitrogens with one attached hydrogen (secondary N) is 1. The number of piperidine rings is 1. The lowest BCUT2D eigenvalue weighted by Gasteiger charge is -2.33. The predicted octanol–water partition coefficient (Wildman–Crippen LogP) is 2.69. The summed E-state index contributed by atoms with van der Waals surface area (Å²) < 4.78 is 11.7. The van der Waals surface area contributed by atoms with Gasteiger partial charge < -0.3 is 29.5 Å². The first-order valence-electron chi connectivity index (χ1n) is 15.0. The maximum atomic E-state index is 12.1. The highest BCUT2D eigenvalue weighted by Crippen LogP contribution is 2.34. The van der Waals surface area contributed by atoms with E-state index < -0.39 is 6.10 Å². The molecular weight excluding hydrogens is 546 g/mol. The van der Waals surface area contributed by atoms with E-state index in [-0.39, 0.29) is 12.0 Å². The van der Waals surface area contributed by atoms with Crippen LogP contribution in [-0.4, -0.2) is 119 Å². The van der Waals surface area contributed by atoms with E-state index in [1.807, 2.05) is 30.6 Å². The van der Waals surface area contributed by atoms with Gasteiger partial charge in [-0.2, -0.15) is 5.26 Å². The number of fused-ring (bicyclic) bond motifs is 1. The highest BCUT2D eigenvalue weighted by molar-refractivity contribution is 5.95. The summed E-state index contributed by atoms with van der Waals surface area (Å²) in [6.45, 7) is 8.86. The van der Waals surface area contributed by atoms with Gasteiger partial charge in [-0.05, 0) is 41.8 Å². The number of carbonyl (C=O) groups is 1. The van der Waals surface area contributed by atoms with Gasteiger partial charge in [0.2, 0.25) is 0 Å². The number of nitrogens with zero attached hydrogens (tertiary/aromatic N) is 6. The second-order valence-electron chi connectivity index (χ2n) is 11.6. The lowest BCUT2D eigenvalue weighted by atomic mass is 10.0. The number of pyridine rings is 1. The van der Waals surface area contributed by atoms with E-state index in [4.69, 9.17) is 14.5 Å². The number of aromatic amines is 1. The molecule has 2 aromatic heterocycles. The van der Waals surface area contributed by atoms with E-state index in [2.05, 4.69) is 45.3 Å². The smallest absolute Gasteiger partial charge is 0.251 e. The van der Waals surface area contributed by atoms with Gasteiger partial charge in [0.25, 0.3) is 5.91 Å². The quantitative estimate of drug-likeness (QED) is 0.411. The van der Waals surface area contributed by atoms with Crippen LogP contribution < -0.4 is 4.74 Å². The standard InChI is InChI=1S/C32H39N7O4/c1-22(40)32(41)38-7-5-27(6-8-38)43-30-4-3-23(15-24(30)17-33)29-19-35-31-28(29)16-25(18-34-31)26-20-36(2)39(21-26)10-9-37-11-13-42-14-12-37/h3-4,15-16,18-19,21-22,27,40H,5-14,20H2,1-2H3,(H,34,35)/t22-/m0/s1. The minimum atomic E-state index is -0.998. The van der Waals surface area contributed by atoms with Crippen LogP contribution in [0.2, 0.25) is 0 Å². The largest absolute Gasteiger partial charge is 0.489 e. The minimum absolute atomic E-state index is 0.0953. The summed E-state index contributed by atoms with van der Waals surface area (Å²) >= 11 is 0. The van der Waals surface area contributed by atoms with Crippen LogP contribution in [0.4, 0.5) is 0 Å². The molecule has 2 saturated heterocycles. The number of aromatic nitrogens is 2. The number of hydrazine groups is 1. The summed E-state index contributed by atoms with van der Waals surface area (Å²) in [6.07, 6.45) is 6.29. The van der Waals surface area contributed by atoms with Crippen molar-refractivity contribution in [1.82, 2.24) is 29.8 Å². The number of rotatable bonds is 8. The van der Waals surface area contributed by atoms with Gasteiger partial charge >= 0.3 is 0 Å². The highest BCUT2D eigenvalue weighted by Gasteiger charge is 2.27. The van der Waals surface area contributed by atoms with Gasteiger partial charge in [0.15, 0.2) is 0 Å². The van der Waals surface area contributed by atoms with Crippen molar-refractivity contribution >= 4 is 22.5 Å². The predicted molar refractivity (Wildman–Crippen MR) is 163 cm³/mol. The number of likely N-dealkylation sites (N-methyl/N-ethyl adjacent to an activating group) is 1. The van der Waals surface area contributed by atoms with E-state index in [1.54, 1.807) is 4.90 Å². The molecule has 0 spiro atoms. The molecular formula is C32H39N7O4. The topological polar surface area (TPSA) is 121 Å². The van der Waals surface area contributed by atoms with Gasteiger partial charge in [-0.25, -0.2) is 9.99 Å². The van der Waals surface area contributed by atoms with Crippen molar-refractivity contribution in [2.45, 2.75) is 32.0 Å². The molecule has 5 heterocycles. The zero-order chi connectivity index (χ0) is 29.9. The Balaban J connectivity index is 1.16. The summed E-state index contributed by atoms with van der Waals surface area (Å²) in [5.41, 5.74) is 5.45. The Hall–Kier alpha value is -3.95. The van der Waals surface area contributed by atoms with Gasteiger partial charge in [-0.1, -0.05) is 6.07 Å². The third-order valence-electron chi connectivity index (χ3n) is 8.61. The van der Waals surface area contributed by atoms with Crippen LogP contribution in [0, 0.1) is 11.3 Å². The van der Waals surface area contributed by atoms with Gasteiger partial charge in [-0.3, -0.25) is 9.69 Å². The Morgan fingerprint density at radius 3 is 2.72 bits per heavy atom. The van der Waals surface area contributed by atoms with Crippen LogP contribution in [0.15, 0.2) is 42.9 Å². The van der Waals surface area contributed by atoms with E-state index in [0.717, 1.165) is 73.7 Å². The molecule has 2 fully saturated rings. The average Bonchev–Trinajstić information content (AvgIpc) is 3.63. The first-order chi connectivity index (χ1) is 20.9. The number of amides is 1. The molecule has 0 radical (unpaired) electrons. The second kappa shape index (κ2) is 12.7. The molecule has 11 nitrogen and oxygen atoms in total. The van der Waals surface area contributed by atoms with Crippen LogP contribution in [0.25, 0.3) is 27.7 Å². The number of ether oxygens (including phenoxy) is 2. The van der Waals surface area contributed by atoms with Gasteiger partial charge in [-0.15, -0.1) is 0 Å². The number of benzene rings is 1. The van der Waals surface area contributed by atoms with Crippen LogP contribution >= 0.6 is 0 Å². The van der Waals surface area contributed by atoms with Crippen LogP contribution in [0.1, 0.15) is 30.9 Å². The molecule has 43 heavy (non-hydrogen) atoms. The second-order valence-corrected chi connectivity index (χ2v) is 11.6. The number of carbonyl (C=O) groups excluding carboxylic acids is 1. The van der Waals surface area contributed by atoms with Crippen molar-refractivity contribution in [3.05, 3.63) is 54.0 Å². The van der Waals surface area contributed by atoms with Crippen LogP contribution in [0.5, 0.6) is 5.75 Å². The Bertz CT molecular complexity index is 1530. The Morgan fingerprint density at radius 1 is 1.19 bits per heavy atom. The summed E-state index contributed by atoms with van der Waals surface area (Å²) in [5.74, 6) is 0.288. The molecule has 1 amide bonds. The molecule has 3 aromatic rings. The fraction of sp³-hybridized carbons (Fsp3) is 0.469. The zero-order valence-electron chi connectivity index (χ0n) is 24.8. The molecule has 3 aliphatic rings. The van der Waals surface area contributed by atoms with Crippen molar-refractivity contribution in [2.24, 2.45) is 0 Å². The Labute approximate surface area is 251 Å². The number of morpholine rings is 1. The number of H-pyrrole nitrogens is 1. The van der Waals surface area contributed by atoms with Crippen LogP contribution in [-0.2, 0) is 9.53 Å². The monoisotopic (exact) mass is 585 g/mol. The van der Waals surface area contributed by atoms with E-state index >= 15 is 0 Å². The molecule has 3 aliphatic heterocycles. The van der Waals surface area contributed by atoms with Crippen molar-refractivity contribution in [3.63, 3.8) is 0 Å². The minimum Gasteiger partial charge on any atom is -0.489 e. The van der Waals surface area contributed by atoms with E-state index in [9.17, 15) is 15.2 Å². The van der Waals surface area contributed by atoms with E-state index in [0.29, 0.717) is 37.2 Å². The van der Waals surface area contributed by atoms with E-state index in [1.165, 1.54) is 12.5 Å². The summed E-state index contributed by atoms with van der Waals surface area (Å²) in [5, 5.41) is 25.1. The maximum Gasteiger partial charge on any atom is 0.251 e. The fourth-order valence-corrected chi connectivity index (χ4v) is 6.07. The van der Waals surface area contributed by atoms with Crippen molar-refractivity contribution in [1.29, 1.82) is 5.26 Å². The normalized spacial score (nSPS) is 19.4. The molecule has 6 rings (SSSR count). The molecule has 0 aliphatic carbocycles. The fourth-order valence-electron chi connectivity index (χ4n) is 6.07. The van der Waals surface area contributed by atoms with Crippen molar-refractivity contribution < 1.29 is 19.4 Å². The Morgan fingerprint density at radius 2 is 1.98 bits per heavy atom.